The van der Waals surface area contributed by atoms with Crippen molar-refractivity contribution in [2.75, 3.05) is 52.9 Å². The molecule has 0 N–H and O–H groups in total. The highest BCUT2D eigenvalue weighted by Crippen LogP contribution is 2.45. The number of carbonyl (C=O) groups excluding carboxylic acids is 8. The summed E-state index contributed by atoms with van der Waals surface area (Å²) in [6, 6.07) is 26.6. The van der Waals surface area contributed by atoms with E-state index < -0.39 is 47.8 Å². The van der Waals surface area contributed by atoms with Crippen LogP contribution in [0.3, 0.4) is 0 Å². The van der Waals surface area contributed by atoms with Gasteiger partial charge in [-0.2, -0.15) is 0 Å². The van der Waals surface area contributed by atoms with Gasteiger partial charge in [0.1, 0.15) is 0 Å². The Morgan fingerprint density at radius 2 is 0.407 bits per heavy atom. The molecule has 0 spiro atoms. The van der Waals surface area contributed by atoms with Crippen molar-refractivity contribution in [2.45, 2.75) is 426 Å². The lowest BCUT2D eigenvalue weighted by atomic mass is 9.84. The summed E-state index contributed by atoms with van der Waals surface area (Å²) in [5.41, 5.74) is 2.24. The smallest absolute Gasteiger partial charge is 0.339 e. The Bertz CT molecular complexity index is 4340. The SMILES string of the molecule is C.C.CC(C)OC(=O)c1ccc2c3ccc(C(=O)OC(C)C)c4c(C(=O)OC(C)C)ccc(c5ccc(C(=O)OC(C)C)c1c25)c43.CC(C)OC(=O)c1cccc(C(=O)OC(C)C)c1.CC(C)OC(=O)c1ccccc1C(=O)OC(C)C.CC(C)OCC(C)(C)COC(C)C.CC(C)OCC(C)OC(C)C.CC(C)OCC(C)OCC(C)OC(C)C.CC(C)OCC(C)OCC(C)OCC(C)OC(C)C. The van der Waals surface area contributed by atoms with Crippen LogP contribution in [0.1, 0.15) is 375 Å². The summed E-state index contributed by atoms with van der Waals surface area (Å²) in [5, 5.41) is 5.09. The first-order valence-corrected chi connectivity index (χ1v) is 49.1. The Kier molecular flexibility index (Phi) is 65.1. The van der Waals surface area contributed by atoms with E-state index in [1.165, 1.54) is 6.07 Å². The third-order valence-electron chi connectivity index (χ3n) is 18.2. The second-order valence-electron chi connectivity index (χ2n) is 39.3. The van der Waals surface area contributed by atoms with Crippen LogP contribution in [-0.4, -0.2) is 235 Å². The lowest BCUT2D eigenvalue weighted by Gasteiger charge is -2.26. The topological polar surface area (TPSA) is 312 Å². The van der Waals surface area contributed by atoms with Gasteiger partial charge in [0.2, 0.25) is 0 Å². The molecule has 7 aromatic rings. The summed E-state index contributed by atoms with van der Waals surface area (Å²) in [7, 11) is 0. The lowest BCUT2D eigenvalue weighted by Crippen LogP contribution is -2.28. The van der Waals surface area contributed by atoms with E-state index in [0.717, 1.165) is 34.8 Å². The Morgan fingerprint density at radius 1 is 0.207 bits per heavy atom. The van der Waals surface area contributed by atoms with Crippen LogP contribution in [0.4, 0.5) is 0 Å². The summed E-state index contributed by atoms with van der Waals surface area (Å²) in [4.78, 5) is 101. The zero-order chi connectivity index (χ0) is 105. The van der Waals surface area contributed by atoms with Crippen molar-refractivity contribution < 1.29 is 128 Å². The molecule has 0 saturated carbocycles. The summed E-state index contributed by atoms with van der Waals surface area (Å²) < 4.78 is 104. The van der Waals surface area contributed by atoms with Gasteiger partial charge in [-0.25, -0.2) is 38.4 Å². The molecule has 0 saturated heterocycles. The van der Waals surface area contributed by atoms with Crippen LogP contribution < -0.4 is 0 Å². The van der Waals surface area contributed by atoms with Crippen molar-refractivity contribution in [3.05, 3.63) is 142 Å². The highest BCUT2D eigenvalue weighted by Gasteiger charge is 2.31. The molecule has 0 aromatic heterocycles. The first kappa shape index (κ1) is 133. The maximum atomic E-state index is 13.4. The van der Waals surface area contributed by atoms with E-state index >= 15 is 0 Å². The molecule has 0 heterocycles. The van der Waals surface area contributed by atoms with Gasteiger partial charge in [-0.05, 0) is 350 Å². The van der Waals surface area contributed by atoms with Crippen LogP contribution in [-0.2, 0) is 90.0 Å². The van der Waals surface area contributed by atoms with Crippen molar-refractivity contribution >= 4 is 90.8 Å². The number of hydrogen-bond acceptors (Lipinski definition) is 27. The molecule has 6 atom stereocenters. The van der Waals surface area contributed by atoms with Crippen LogP contribution >= 0.6 is 0 Å². The van der Waals surface area contributed by atoms with Crippen molar-refractivity contribution in [1.29, 1.82) is 0 Å². The fraction of sp³-hybridized carbons (Fsp3) is 0.646. The summed E-state index contributed by atoms with van der Waals surface area (Å²) in [6.07, 6.45) is 0.624. The van der Waals surface area contributed by atoms with E-state index in [1.807, 2.05) is 149 Å². The van der Waals surface area contributed by atoms with E-state index in [0.29, 0.717) is 96.7 Å². The molecular formula is C113H182O27. The number of hydrogen-bond donors (Lipinski definition) is 0. The molecule has 6 unspecified atom stereocenters. The molecule has 27 nitrogen and oxygen atoms in total. The van der Waals surface area contributed by atoms with Crippen LogP contribution in [0, 0.1) is 5.41 Å². The second kappa shape index (κ2) is 68.4. The molecule has 0 amide bonds. The molecule has 27 heteroatoms. The van der Waals surface area contributed by atoms with E-state index in [1.54, 1.807) is 178 Å². The molecule has 0 bridgehead atoms. The molecule has 7 rings (SSSR count). The standard InChI is InChI=1S/C36H36O8.C15H32O4.2C14H18O4.C12H26O3.C11H24O2.C9H20O2.2CH4/c1-17(2)41-33(37)25-13-9-21-23-11-15-27(35(39)43-19(5)6)32-28(36(40)44-20(7)8)16-12-24(30(23)32)22-10-14-26(31(25)29(21)22)34(38)42-18(3)4;1-11(2)16-8-13(5)17-9-14(6)18-10-15(7)19-12(3)4;1-9(2)17-13(15)11-6-5-7-12(8-11)14(16)18-10(3)4;1-9(2)17-13(15)11-7-5-6-8-12(11)14(16)18-10(3)4;1-9(2)13-7-11(5)14-8-12(6)15-10(3)4;1-9(2)12-7-11(5,6)8-13-10(3)4;1-7(2)10-6-9(5)11-8(3)4;;/h9-20H,1-8H3;11-15H,8-10H2,1-7H3;2*5-10H,1-4H3;9-12H,7-8H2,1-6H3;9-10H,7-8H2,1-6H3;7-9H,6H2,1-5H3;2*1H4. The van der Waals surface area contributed by atoms with E-state index in [9.17, 15) is 38.4 Å². The van der Waals surface area contributed by atoms with Crippen LogP contribution in [0.15, 0.2) is 97.1 Å². The molecule has 0 aliphatic rings. The van der Waals surface area contributed by atoms with Gasteiger partial charge in [-0.1, -0.05) is 71.2 Å². The van der Waals surface area contributed by atoms with Gasteiger partial charge >= 0.3 is 47.8 Å². The van der Waals surface area contributed by atoms with Gasteiger partial charge in [0.05, 0.1) is 232 Å². The fourth-order valence-corrected chi connectivity index (χ4v) is 12.8. The molecule has 796 valence electrons. The molecule has 140 heavy (non-hydrogen) atoms. The second-order valence-corrected chi connectivity index (χ2v) is 39.3. The zero-order valence-electron chi connectivity index (χ0n) is 91.1. The van der Waals surface area contributed by atoms with Gasteiger partial charge in [0.25, 0.3) is 0 Å². The van der Waals surface area contributed by atoms with Crippen LogP contribution in [0.2, 0.25) is 0 Å². The minimum atomic E-state index is -0.559. The van der Waals surface area contributed by atoms with Crippen LogP contribution in [0.5, 0.6) is 0 Å². The normalized spacial score (nSPS) is 12.8. The fourth-order valence-electron chi connectivity index (χ4n) is 12.8. The summed E-state index contributed by atoms with van der Waals surface area (Å²) >= 11 is 0. The summed E-state index contributed by atoms with van der Waals surface area (Å²) in [6.45, 7) is 82.5. The number of esters is 8. The average Bonchev–Trinajstić information content (AvgIpc) is 0.699. The molecule has 0 radical (unpaired) electrons. The molecule has 7 aromatic carbocycles. The largest absolute Gasteiger partial charge is 0.459 e. The Morgan fingerprint density at radius 3 is 0.621 bits per heavy atom. The average molecular weight is 1970 g/mol. The Labute approximate surface area is 840 Å². The third kappa shape index (κ3) is 54.0. The monoisotopic (exact) mass is 1970 g/mol. The number of ether oxygens (including phenoxy) is 19. The van der Waals surface area contributed by atoms with E-state index in [-0.39, 0.29) is 164 Å². The molecule has 0 aliphatic carbocycles. The predicted molar refractivity (Wildman–Crippen MR) is 561 cm³/mol. The highest BCUT2D eigenvalue weighted by atomic mass is 16.6. The molecular weight excluding hydrogens is 1790 g/mol. The summed E-state index contributed by atoms with van der Waals surface area (Å²) in [5.74, 6) is -4.14. The first-order valence-electron chi connectivity index (χ1n) is 49.1. The third-order valence-corrected chi connectivity index (χ3v) is 18.2. The number of rotatable bonds is 46. The van der Waals surface area contributed by atoms with Crippen molar-refractivity contribution in [3.63, 3.8) is 0 Å². The number of fused-ring (bicyclic) bond motifs is 2. The quantitative estimate of drug-likeness (QED) is 0.0148. The van der Waals surface area contributed by atoms with Gasteiger partial charge in [0, 0.05) is 16.2 Å². The van der Waals surface area contributed by atoms with Crippen LogP contribution in [0.25, 0.3) is 43.1 Å². The minimum Gasteiger partial charge on any atom is -0.459 e. The van der Waals surface area contributed by atoms with Gasteiger partial charge in [0.15, 0.2) is 0 Å². The van der Waals surface area contributed by atoms with Crippen molar-refractivity contribution in [2.24, 2.45) is 5.41 Å². The van der Waals surface area contributed by atoms with Gasteiger partial charge in [-0.3, -0.25) is 0 Å². The van der Waals surface area contributed by atoms with Crippen molar-refractivity contribution in [3.8, 4) is 0 Å². The predicted octanol–water partition coefficient (Wildman–Crippen LogP) is 25.7. The minimum absolute atomic E-state index is 0. The molecule has 0 aliphatic heterocycles. The maximum Gasteiger partial charge on any atom is 0.339 e. The first-order chi connectivity index (χ1) is 64.2. The van der Waals surface area contributed by atoms with Crippen molar-refractivity contribution in [1.82, 2.24) is 0 Å². The Balaban J connectivity index is 0. The number of benzene rings is 7. The molecule has 0 fully saturated rings. The van der Waals surface area contributed by atoms with Gasteiger partial charge in [-0.15, -0.1) is 0 Å². The Hall–Kier alpha value is -8.84. The van der Waals surface area contributed by atoms with E-state index in [2.05, 4.69) is 41.5 Å². The zero-order valence-corrected chi connectivity index (χ0v) is 91.1. The van der Waals surface area contributed by atoms with E-state index in [4.69, 9.17) is 90.0 Å². The maximum absolute atomic E-state index is 13.4. The highest BCUT2D eigenvalue weighted by molar-refractivity contribution is 6.38. The van der Waals surface area contributed by atoms with Gasteiger partial charge < -0.3 is 90.0 Å². The number of carbonyl (C=O) groups is 8. The lowest BCUT2D eigenvalue weighted by molar-refractivity contribution is -0.0914.